The number of hydrogen-bond acceptors (Lipinski definition) is 4. The van der Waals surface area contributed by atoms with E-state index in [1.807, 2.05) is 26.0 Å². The highest BCUT2D eigenvalue weighted by molar-refractivity contribution is 7.99. The van der Waals surface area contributed by atoms with E-state index >= 15 is 0 Å². The third-order valence-electron chi connectivity index (χ3n) is 2.68. The summed E-state index contributed by atoms with van der Waals surface area (Å²) in [4.78, 5) is 15.7. The number of thioether (sulfide) groups is 1. The third kappa shape index (κ3) is 3.71. The van der Waals surface area contributed by atoms with Crippen LogP contribution in [0.2, 0.25) is 0 Å². The molecule has 1 amide bonds. The Balaban J connectivity index is 2.76. The van der Waals surface area contributed by atoms with Gasteiger partial charge < -0.3 is 11.1 Å². The van der Waals surface area contributed by atoms with Gasteiger partial charge in [-0.2, -0.15) is 0 Å². The first-order chi connectivity index (χ1) is 7.87. The van der Waals surface area contributed by atoms with Crippen molar-refractivity contribution in [1.82, 2.24) is 10.3 Å². The molecule has 17 heavy (non-hydrogen) atoms. The molecule has 0 spiro atoms. The molecule has 3 N–H and O–H groups in total. The van der Waals surface area contributed by atoms with Crippen LogP contribution >= 0.6 is 11.8 Å². The maximum absolute atomic E-state index is 11.3. The van der Waals surface area contributed by atoms with Gasteiger partial charge in [-0.05, 0) is 45.5 Å². The zero-order chi connectivity index (χ0) is 13.1. The van der Waals surface area contributed by atoms with E-state index in [0.29, 0.717) is 5.75 Å². The molecule has 4 nitrogen and oxygen atoms in total. The standard InChI is InChI=1S/C12H19N3OS/c1-8-5-9(2)15-10(6-8)17-7-12(3,14-4)11(13)16/h5-6,14H,7H2,1-4H3,(H2,13,16). The van der Waals surface area contributed by atoms with Crippen molar-refractivity contribution in [2.75, 3.05) is 12.8 Å². The van der Waals surface area contributed by atoms with Gasteiger partial charge in [-0.1, -0.05) is 0 Å². The van der Waals surface area contributed by atoms with Crippen molar-refractivity contribution < 1.29 is 4.79 Å². The first-order valence-corrected chi connectivity index (χ1v) is 6.43. The maximum atomic E-state index is 11.3. The van der Waals surface area contributed by atoms with Crippen LogP contribution < -0.4 is 11.1 Å². The van der Waals surface area contributed by atoms with E-state index in [0.717, 1.165) is 10.7 Å². The summed E-state index contributed by atoms with van der Waals surface area (Å²) in [7, 11) is 1.74. The topological polar surface area (TPSA) is 68.0 Å². The Morgan fingerprint density at radius 2 is 2.18 bits per heavy atom. The number of nitrogens with zero attached hydrogens (tertiary/aromatic N) is 1. The highest BCUT2D eigenvalue weighted by Crippen LogP contribution is 2.22. The highest BCUT2D eigenvalue weighted by atomic mass is 32.2. The number of carbonyl (C=O) groups excluding carboxylic acids is 1. The molecule has 0 saturated carbocycles. The molecule has 1 atom stereocenters. The number of aromatic nitrogens is 1. The lowest BCUT2D eigenvalue weighted by Gasteiger charge is -2.24. The molecular weight excluding hydrogens is 234 g/mol. The van der Waals surface area contributed by atoms with Gasteiger partial charge in [-0.15, -0.1) is 11.8 Å². The van der Waals surface area contributed by atoms with E-state index in [1.165, 1.54) is 17.3 Å². The van der Waals surface area contributed by atoms with Crippen molar-refractivity contribution in [2.24, 2.45) is 5.73 Å². The van der Waals surface area contributed by atoms with Crippen LogP contribution in [0.3, 0.4) is 0 Å². The van der Waals surface area contributed by atoms with Crippen LogP contribution in [0.5, 0.6) is 0 Å². The zero-order valence-corrected chi connectivity index (χ0v) is 11.5. The van der Waals surface area contributed by atoms with Crippen LogP contribution in [0.4, 0.5) is 0 Å². The molecule has 1 unspecified atom stereocenters. The Hall–Kier alpha value is -1.07. The molecule has 0 saturated heterocycles. The number of amides is 1. The fraction of sp³-hybridized carbons (Fsp3) is 0.500. The van der Waals surface area contributed by atoms with Gasteiger partial charge >= 0.3 is 0 Å². The van der Waals surface area contributed by atoms with Crippen molar-refractivity contribution in [3.8, 4) is 0 Å². The average Bonchev–Trinajstić information content (AvgIpc) is 2.24. The molecular formula is C12H19N3OS. The Morgan fingerprint density at radius 1 is 1.53 bits per heavy atom. The molecule has 0 aromatic carbocycles. The van der Waals surface area contributed by atoms with Crippen LogP contribution in [0.15, 0.2) is 17.2 Å². The summed E-state index contributed by atoms with van der Waals surface area (Å²) in [5, 5.41) is 3.88. The van der Waals surface area contributed by atoms with Gasteiger partial charge in [0, 0.05) is 11.4 Å². The Morgan fingerprint density at radius 3 is 2.65 bits per heavy atom. The minimum atomic E-state index is -0.704. The van der Waals surface area contributed by atoms with E-state index in [-0.39, 0.29) is 5.91 Å². The molecule has 94 valence electrons. The summed E-state index contributed by atoms with van der Waals surface area (Å²) in [6.45, 7) is 5.79. The van der Waals surface area contributed by atoms with Crippen LogP contribution in [0, 0.1) is 13.8 Å². The fourth-order valence-corrected chi connectivity index (χ4v) is 2.56. The van der Waals surface area contributed by atoms with E-state index in [9.17, 15) is 4.79 Å². The smallest absolute Gasteiger partial charge is 0.238 e. The number of aryl methyl sites for hydroxylation is 2. The normalized spacial score (nSPS) is 14.4. The molecule has 1 aromatic heterocycles. The molecule has 0 fully saturated rings. The predicted molar refractivity (Wildman–Crippen MR) is 71.1 cm³/mol. The number of nitrogens with two attached hydrogens (primary N) is 1. The minimum absolute atomic E-state index is 0.350. The number of hydrogen-bond donors (Lipinski definition) is 2. The molecule has 1 rings (SSSR count). The van der Waals surface area contributed by atoms with Crippen molar-refractivity contribution in [2.45, 2.75) is 31.3 Å². The molecule has 0 aliphatic heterocycles. The average molecular weight is 253 g/mol. The SMILES string of the molecule is CNC(C)(CSc1cc(C)cc(C)n1)C(N)=O. The summed E-state index contributed by atoms with van der Waals surface area (Å²) in [6, 6.07) is 4.03. The maximum Gasteiger partial charge on any atom is 0.238 e. The first kappa shape index (κ1) is 14.0. The van der Waals surface area contributed by atoms with Crippen molar-refractivity contribution in [1.29, 1.82) is 0 Å². The molecule has 0 aliphatic carbocycles. The van der Waals surface area contributed by atoms with Crippen molar-refractivity contribution in [3.63, 3.8) is 0 Å². The minimum Gasteiger partial charge on any atom is -0.368 e. The third-order valence-corrected chi connectivity index (χ3v) is 3.91. The number of likely N-dealkylation sites (N-methyl/N-ethyl adjacent to an activating group) is 1. The van der Waals surface area contributed by atoms with Crippen LogP contribution in [0.1, 0.15) is 18.2 Å². The van der Waals surface area contributed by atoms with Gasteiger partial charge in [0.1, 0.15) is 5.54 Å². The lowest BCUT2D eigenvalue weighted by molar-refractivity contribution is -0.122. The molecule has 5 heteroatoms. The lowest BCUT2D eigenvalue weighted by Crippen LogP contribution is -2.53. The van der Waals surface area contributed by atoms with Gasteiger partial charge in [0.15, 0.2) is 0 Å². The van der Waals surface area contributed by atoms with E-state index < -0.39 is 5.54 Å². The van der Waals surface area contributed by atoms with Crippen LogP contribution in [-0.4, -0.2) is 29.2 Å². The first-order valence-electron chi connectivity index (χ1n) is 5.44. The Kier molecular flexibility index (Phi) is 4.54. The molecule has 0 aliphatic rings. The summed E-state index contributed by atoms with van der Waals surface area (Å²) in [5.41, 5.74) is 6.82. The monoisotopic (exact) mass is 253 g/mol. The number of primary amides is 1. The second-order valence-corrected chi connectivity index (χ2v) is 5.35. The molecule has 1 aromatic rings. The second kappa shape index (κ2) is 5.51. The molecule has 0 bridgehead atoms. The summed E-state index contributed by atoms with van der Waals surface area (Å²) in [6.07, 6.45) is 0. The quantitative estimate of drug-likeness (QED) is 0.775. The van der Waals surface area contributed by atoms with Crippen molar-refractivity contribution in [3.05, 3.63) is 23.4 Å². The molecule has 0 radical (unpaired) electrons. The lowest BCUT2D eigenvalue weighted by atomic mass is 10.1. The second-order valence-electron chi connectivity index (χ2n) is 4.36. The summed E-state index contributed by atoms with van der Waals surface area (Å²) >= 11 is 1.53. The van der Waals surface area contributed by atoms with Crippen LogP contribution in [-0.2, 0) is 4.79 Å². The van der Waals surface area contributed by atoms with Crippen LogP contribution in [0.25, 0.3) is 0 Å². The number of carbonyl (C=O) groups is 1. The Bertz CT molecular complexity index is 402. The highest BCUT2D eigenvalue weighted by Gasteiger charge is 2.29. The summed E-state index contributed by atoms with van der Waals surface area (Å²) in [5.74, 6) is 0.214. The van der Waals surface area contributed by atoms with Gasteiger partial charge in [-0.3, -0.25) is 4.79 Å². The van der Waals surface area contributed by atoms with Gasteiger partial charge in [0.05, 0.1) is 5.03 Å². The summed E-state index contributed by atoms with van der Waals surface area (Å²) < 4.78 is 0. The van der Waals surface area contributed by atoms with Crippen molar-refractivity contribution >= 4 is 17.7 Å². The molecule has 1 heterocycles. The Labute approximate surface area is 106 Å². The van der Waals surface area contributed by atoms with E-state index in [1.54, 1.807) is 14.0 Å². The van der Waals surface area contributed by atoms with Gasteiger partial charge in [-0.25, -0.2) is 4.98 Å². The van der Waals surface area contributed by atoms with Gasteiger partial charge in [0.25, 0.3) is 0 Å². The van der Waals surface area contributed by atoms with E-state index in [2.05, 4.69) is 10.3 Å². The predicted octanol–water partition coefficient (Wildman–Crippen LogP) is 1.25. The zero-order valence-electron chi connectivity index (χ0n) is 10.7. The number of nitrogens with one attached hydrogen (secondary N) is 1. The van der Waals surface area contributed by atoms with Gasteiger partial charge in [0.2, 0.25) is 5.91 Å². The number of rotatable bonds is 5. The largest absolute Gasteiger partial charge is 0.368 e. The number of pyridine rings is 1. The fourth-order valence-electron chi connectivity index (χ4n) is 1.36. The van der Waals surface area contributed by atoms with E-state index in [4.69, 9.17) is 5.73 Å².